The molecule has 1 N–H and O–H groups in total. The minimum absolute atomic E-state index is 0.0825. The molecule has 0 aromatic heterocycles. The predicted octanol–water partition coefficient (Wildman–Crippen LogP) is 0.328. The summed E-state index contributed by atoms with van der Waals surface area (Å²) in [5.41, 5.74) is 0. The van der Waals surface area contributed by atoms with E-state index >= 15 is 0 Å². The molecule has 1 aliphatic rings. The van der Waals surface area contributed by atoms with Gasteiger partial charge in [-0.1, -0.05) is 13.8 Å². The Hall–Kier alpha value is -0.650. The molecule has 0 spiro atoms. The first kappa shape index (κ1) is 15.4. The van der Waals surface area contributed by atoms with Gasteiger partial charge in [-0.15, -0.1) is 0 Å². The smallest absolute Gasteiger partial charge is 0.248 e. The van der Waals surface area contributed by atoms with Crippen molar-refractivity contribution in [1.82, 2.24) is 9.80 Å². The first-order valence-corrected chi connectivity index (χ1v) is 6.93. The summed E-state index contributed by atoms with van der Waals surface area (Å²) in [6, 6.07) is 0. The Bertz CT molecular complexity index is 240. The van der Waals surface area contributed by atoms with Gasteiger partial charge in [0, 0.05) is 39.3 Å². The van der Waals surface area contributed by atoms with Gasteiger partial charge in [0.2, 0.25) is 5.91 Å². The maximum Gasteiger partial charge on any atom is 0.248 e. The van der Waals surface area contributed by atoms with Crippen LogP contribution in [0.1, 0.15) is 26.7 Å². The van der Waals surface area contributed by atoms with Gasteiger partial charge in [-0.2, -0.15) is 0 Å². The molecule has 0 aromatic rings. The Morgan fingerprint density at radius 3 is 2.50 bits per heavy atom. The summed E-state index contributed by atoms with van der Waals surface area (Å²) in [6.45, 7) is 8.74. The molecule has 18 heavy (non-hydrogen) atoms. The molecule has 1 rings (SSSR count). The van der Waals surface area contributed by atoms with E-state index in [1.807, 2.05) is 18.7 Å². The topological polar surface area (TPSA) is 53.0 Å². The second-order valence-electron chi connectivity index (χ2n) is 4.80. The van der Waals surface area contributed by atoms with Crippen molar-refractivity contribution >= 4 is 5.91 Å². The van der Waals surface area contributed by atoms with Crippen molar-refractivity contribution in [3.63, 3.8) is 0 Å². The van der Waals surface area contributed by atoms with Crippen LogP contribution in [0.3, 0.4) is 0 Å². The zero-order chi connectivity index (χ0) is 13.4. The van der Waals surface area contributed by atoms with Gasteiger partial charge in [0.05, 0.1) is 6.10 Å². The third-order valence-electron chi connectivity index (χ3n) is 3.24. The molecule has 1 aliphatic heterocycles. The Morgan fingerprint density at radius 1 is 1.28 bits per heavy atom. The van der Waals surface area contributed by atoms with Crippen molar-refractivity contribution in [2.24, 2.45) is 0 Å². The summed E-state index contributed by atoms with van der Waals surface area (Å²) in [6.07, 6.45) is 1.47. The molecule has 1 heterocycles. The van der Waals surface area contributed by atoms with E-state index in [1.165, 1.54) is 0 Å². The minimum Gasteiger partial charge on any atom is -0.392 e. The summed E-state index contributed by atoms with van der Waals surface area (Å²) in [5, 5.41) is 9.59. The number of hydrogen-bond acceptors (Lipinski definition) is 4. The highest BCUT2D eigenvalue weighted by molar-refractivity contribution is 5.77. The van der Waals surface area contributed by atoms with Crippen molar-refractivity contribution in [3.8, 4) is 0 Å². The maximum atomic E-state index is 11.8. The molecule has 0 aromatic carbocycles. The van der Waals surface area contributed by atoms with Crippen molar-refractivity contribution in [2.45, 2.75) is 32.8 Å². The number of aliphatic hydroxyl groups is 1. The van der Waals surface area contributed by atoms with Gasteiger partial charge < -0.3 is 14.7 Å². The molecule has 1 saturated heterocycles. The fourth-order valence-corrected chi connectivity index (χ4v) is 2.00. The molecule has 106 valence electrons. The van der Waals surface area contributed by atoms with Crippen LogP contribution in [0.25, 0.3) is 0 Å². The largest absolute Gasteiger partial charge is 0.392 e. The number of amides is 1. The van der Waals surface area contributed by atoms with Gasteiger partial charge in [-0.25, -0.2) is 0 Å². The van der Waals surface area contributed by atoms with Gasteiger partial charge in [0.25, 0.3) is 0 Å². The van der Waals surface area contributed by atoms with Gasteiger partial charge >= 0.3 is 0 Å². The molecule has 0 bridgehead atoms. The van der Waals surface area contributed by atoms with Crippen LogP contribution in [0, 0.1) is 0 Å². The van der Waals surface area contributed by atoms with Crippen molar-refractivity contribution in [1.29, 1.82) is 0 Å². The van der Waals surface area contributed by atoms with E-state index in [4.69, 9.17) is 4.74 Å². The van der Waals surface area contributed by atoms with Gasteiger partial charge in [0.1, 0.15) is 6.61 Å². The van der Waals surface area contributed by atoms with E-state index in [0.717, 1.165) is 39.0 Å². The molecule has 0 radical (unpaired) electrons. The highest BCUT2D eigenvalue weighted by Gasteiger charge is 2.21. The van der Waals surface area contributed by atoms with Crippen LogP contribution >= 0.6 is 0 Å². The molecular formula is C13H26N2O3. The summed E-state index contributed by atoms with van der Waals surface area (Å²) in [5.74, 6) is 0.0825. The van der Waals surface area contributed by atoms with Gasteiger partial charge in [0.15, 0.2) is 0 Å². The number of hydrogen-bond donors (Lipinski definition) is 1. The summed E-state index contributed by atoms with van der Waals surface area (Å²) in [4.78, 5) is 15.9. The average Bonchev–Trinajstić information content (AvgIpc) is 2.39. The number of aliphatic hydroxyl groups excluding tert-OH is 1. The van der Waals surface area contributed by atoms with Crippen LogP contribution < -0.4 is 0 Å². The Balaban J connectivity index is 2.20. The van der Waals surface area contributed by atoms with E-state index < -0.39 is 0 Å². The summed E-state index contributed by atoms with van der Waals surface area (Å²) < 4.78 is 5.26. The number of piperazine rings is 1. The quantitative estimate of drug-likeness (QED) is 0.669. The maximum absolute atomic E-state index is 11.8. The number of carbonyl (C=O) groups is 1. The fraction of sp³-hybridized carbons (Fsp3) is 0.923. The number of ether oxygens (including phenoxy) is 1. The van der Waals surface area contributed by atoms with Crippen LogP contribution in [0.5, 0.6) is 0 Å². The molecule has 1 unspecified atom stereocenters. The molecule has 1 fully saturated rings. The van der Waals surface area contributed by atoms with Crippen molar-refractivity contribution < 1.29 is 14.6 Å². The highest BCUT2D eigenvalue weighted by Crippen LogP contribution is 2.04. The van der Waals surface area contributed by atoms with E-state index in [2.05, 4.69) is 4.90 Å². The third kappa shape index (κ3) is 5.33. The third-order valence-corrected chi connectivity index (χ3v) is 3.24. The molecule has 5 heteroatoms. The van der Waals surface area contributed by atoms with Crippen LogP contribution in [-0.4, -0.2) is 72.9 Å². The zero-order valence-electron chi connectivity index (χ0n) is 11.6. The molecule has 1 amide bonds. The summed E-state index contributed by atoms with van der Waals surface area (Å²) >= 11 is 0. The van der Waals surface area contributed by atoms with Crippen LogP contribution in [0.4, 0.5) is 0 Å². The van der Waals surface area contributed by atoms with E-state index in [9.17, 15) is 9.90 Å². The number of carbonyl (C=O) groups excluding carboxylic acids is 1. The normalized spacial score (nSPS) is 18.9. The zero-order valence-corrected chi connectivity index (χ0v) is 11.6. The average molecular weight is 258 g/mol. The lowest BCUT2D eigenvalue weighted by atomic mass is 10.2. The van der Waals surface area contributed by atoms with E-state index in [1.54, 1.807) is 0 Å². The van der Waals surface area contributed by atoms with Gasteiger partial charge in [-0.3, -0.25) is 9.69 Å². The van der Waals surface area contributed by atoms with Crippen LogP contribution in [0.15, 0.2) is 0 Å². The monoisotopic (exact) mass is 258 g/mol. The minimum atomic E-state index is -0.250. The van der Waals surface area contributed by atoms with Crippen molar-refractivity contribution in [2.75, 3.05) is 45.9 Å². The standard InChI is InChI=1S/C13H26N2O3/c1-3-9-18-11-13(17)15-7-5-14(6-8-15)10-12(16)4-2/h12,16H,3-11H2,1-2H3. The Kier molecular flexibility index (Phi) is 7.23. The Labute approximate surface area is 110 Å². The lowest BCUT2D eigenvalue weighted by molar-refractivity contribution is -0.138. The number of β-amino-alcohol motifs (C(OH)–C–C–N with tert-alkyl or cyclic N) is 1. The first-order valence-electron chi connectivity index (χ1n) is 6.93. The SMILES string of the molecule is CCCOCC(=O)N1CCN(CC(O)CC)CC1. The molecule has 0 aliphatic carbocycles. The summed E-state index contributed by atoms with van der Waals surface area (Å²) in [7, 11) is 0. The second-order valence-corrected chi connectivity index (χ2v) is 4.80. The van der Waals surface area contributed by atoms with E-state index in [-0.39, 0.29) is 18.6 Å². The second kappa shape index (κ2) is 8.45. The predicted molar refractivity (Wildman–Crippen MR) is 70.4 cm³/mol. The molecule has 5 nitrogen and oxygen atoms in total. The lowest BCUT2D eigenvalue weighted by Crippen LogP contribution is -2.51. The molecule has 1 atom stereocenters. The Morgan fingerprint density at radius 2 is 1.94 bits per heavy atom. The lowest BCUT2D eigenvalue weighted by Gasteiger charge is -2.35. The van der Waals surface area contributed by atoms with Crippen LogP contribution in [0.2, 0.25) is 0 Å². The number of rotatable bonds is 7. The van der Waals surface area contributed by atoms with Crippen LogP contribution in [-0.2, 0) is 9.53 Å². The molecular weight excluding hydrogens is 232 g/mol. The van der Waals surface area contributed by atoms with Gasteiger partial charge in [-0.05, 0) is 12.8 Å². The number of nitrogens with zero attached hydrogens (tertiary/aromatic N) is 2. The first-order chi connectivity index (χ1) is 8.67. The fourth-order valence-electron chi connectivity index (χ4n) is 2.00. The van der Waals surface area contributed by atoms with Crippen molar-refractivity contribution in [3.05, 3.63) is 0 Å². The molecule has 0 saturated carbocycles. The van der Waals surface area contributed by atoms with E-state index in [0.29, 0.717) is 13.2 Å². The highest BCUT2D eigenvalue weighted by atomic mass is 16.5.